The zero-order valence-electron chi connectivity index (χ0n) is 43.8. The molecule has 2 heteroatoms. The van der Waals surface area contributed by atoms with Gasteiger partial charge in [0.05, 0.1) is 0 Å². The fourth-order valence-corrected chi connectivity index (χ4v) is 11.1. The molecule has 0 saturated heterocycles. The predicted octanol–water partition coefficient (Wildman–Crippen LogP) is 20.0. The summed E-state index contributed by atoms with van der Waals surface area (Å²) in [5.41, 5.74) is 0.635. The SMILES string of the molecule is CCOC(CC(CC)(CC)C(CCCCCCCC(C)C)(CCCCCC(C)C)CCCC(C)CCCC(C)CCCCC(C)CCCC(C)CCCC(C)C)OCC. The van der Waals surface area contributed by atoms with Gasteiger partial charge in [0.1, 0.15) is 0 Å². The van der Waals surface area contributed by atoms with Crippen molar-refractivity contribution in [3.8, 4) is 0 Å². The lowest BCUT2D eigenvalue weighted by Gasteiger charge is -2.53. The zero-order valence-corrected chi connectivity index (χ0v) is 43.8. The Kier molecular flexibility index (Phi) is 37.3. The molecule has 0 aliphatic rings. The molecule has 0 aliphatic carbocycles. The third kappa shape index (κ3) is 29.8. The minimum absolute atomic E-state index is 0.0754. The van der Waals surface area contributed by atoms with Crippen LogP contribution in [0.2, 0.25) is 0 Å². The Morgan fingerprint density at radius 2 is 0.593 bits per heavy atom. The lowest BCUT2D eigenvalue weighted by atomic mass is 9.53. The van der Waals surface area contributed by atoms with Gasteiger partial charge in [0.2, 0.25) is 0 Å². The summed E-state index contributed by atoms with van der Waals surface area (Å²) in [4.78, 5) is 0. The van der Waals surface area contributed by atoms with E-state index in [0.29, 0.717) is 5.41 Å². The van der Waals surface area contributed by atoms with E-state index in [9.17, 15) is 0 Å². The van der Waals surface area contributed by atoms with E-state index in [2.05, 4.69) is 96.9 Å². The van der Waals surface area contributed by atoms with Gasteiger partial charge in [-0.05, 0) is 98.2 Å². The molecule has 0 bridgehead atoms. The van der Waals surface area contributed by atoms with Gasteiger partial charge >= 0.3 is 0 Å². The Bertz CT molecular complexity index is 868. The molecular formula is C57H116O2. The molecule has 0 fully saturated rings. The molecule has 0 heterocycles. The van der Waals surface area contributed by atoms with Crippen molar-refractivity contribution in [2.24, 2.45) is 52.3 Å². The normalized spacial score (nSPS) is 15.8. The van der Waals surface area contributed by atoms with Crippen LogP contribution in [0.4, 0.5) is 0 Å². The minimum Gasteiger partial charge on any atom is -0.353 e. The Hall–Kier alpha value is -0.0800. The molecule has 356 valence electrons. The van der Waals surface area contributed by atoms with Crippen molar-refractivity contribution in [3.05, 3.63) is 0 Å². The minimum atomic E-state index is -0.0754. The molecular weight excluding hydrogens is 717 g/mol. The Morgan fingerprint density at radius 3 is 0.983 bits per heavy atom. The van der Waals surface area contributed by atoms with Crippen LogP contribution in [0.15, 0.2) is 0 Å². The molecule has 0 rings (SSSR count). The smallest absolute Gasteiger partial charge is 0.158 e. The topological polar surface area (TPSA) is 18.5 Å². The van der Waals surface area contributed by atoms with Crippen molar-refractivity contribution in [3.63, 3.8) is 0 Å². The summed E-state index contributed by atoms with van der Waals surface area (Å²) in [7, 11) is 0. The van der Waals surface area contributed by atoms with Gasteiger partial charge in [-0.25, -0.2) is 0 Å². The second-order valence-corrected chi connectivity index (χ2v) is 22.3. The van der Waals surface area contributed by atoms with E-state index >= 15 is 0 Å². The van der Waals surface area contributed by atoms with Crippen LogP contribution in [0.25, 0.3) is 0 Å². The second kappa shape index (κ2) is 37.3. The van der Waals surface area contributed by atoms with Crippen molar-refractivity contribution in [2.75, 3.05) is 13.2 Å². The molecule has 5 atom stereocenters. The van der Waals surface area contributed by atoms with Crippen LogP contribution in [0, 0.1) is 52.3 Å². The van der Waals surface area contributed by atoms with E-state index in [0.717, 1.165) is 61.1 Å². The van der Waals surface area contributed by atoms with Crippen molar-refractivity contribution >= 4 is 0 Å². The maximum absolute atomic E-state index is 6.36. The van der Waals surface area contributed by atoms with Crippen LogP contribution < -0.4 is 0 Å². The van der Waals surface area contributed by atoms with E-state index in [1.54, 1.807) is 0 Å². The fourth-order valence-electron chi connectivity index (χ4n) is 11.1. The standard InChI is InChI=1S/C57H116O2/c1-15-56(16-2,47-55(58-17-3)59-18-4)57(45-28-22-24-34-49(7)8,44-27-21-19-20-23-33-48(5)6)46-32-43-54(14)42-31-40-52(12)37-26-25-36-51(11)39-30-41-53(13)38-29-35-50(9)10/h48-55H,15-47H2,1-14H3. The quantitative estimate of drug-likeness (QED) is 0.0450. The second-order valence-electron chi connectivity index (χ2n) is 22.3. The molecule has 0 saturated carbocycles. The maximum atomic E-state index is 6.36. The van der Waals surface area contributed by atoms with E-state index in [-0.39, 0.29) is 11.7 Å². The lowest BCUT2D eigenvalue weighted by Crippen LogP contribution is -2.45. The zero-order chi connectivity index (χ0) is 44.4. The van der Waals surface area contributed by atoms with Crippen LogP contribution in [0.1, 0.15) is 296 Å². The van der Waals surface area contributed by atoms with Crippen LogP contribution in [-0.2, 0) is 9.47 Å². The molecule has 5 unspecified atom stereocenters. The summed E-state index contributed by atoms with van der Waals surface area (Å²) in [6.07, 6.45) is 43.0. The van der Waals surface area contributed by atoms with Gasteiger partial charge in [-0.15, -0.1) is 0 Å². The van der Waals surface area contributed by atoms with Crippen LogP contribution in [0.3, 0.4) is 0 Å². The van der Waals surface area contributed by atoms with Gasteiger partial charge in [-0.3, -0.25) is 0 Å². The van der Waals surface area contributed by atoms with E-state index in [4.69, 9.17) is 9.47 Å². The average molecular weight is 834 g/mol. The Morgan fingerprint density at radius 1 is 0.305 bits per heavy atom. The molecule has 0 spiro atoms. The predicted molar refractivity (Wildman–Crippen MR) is 268 cm³/mol. The van der Waals surface area contributed by atoms with Crippen molar-refractivity contribution in [1.29, 1.82) is 0 Å². The number of hydrogen-bond acceptors (Lipinski definition) is 2. The van der Waals surface area contributed by atoms with Crippen LogP contribution >= 0.6 is 0 Å². The monoisotopic (exact) mass is 833 g/mol. The third-order valence-corrected chi connectivity index (χ3v) is 15.4. The molecule has 0 aromatic rings. The number of hydrogen-bond donors (Lipinski definition) is 0. The van der Waals surface area contributed by atoms with E-state index in [1.807, 2.05) is 0 Å². The third-order valence-electron chi connectivity index (χ3n) is 15.4. The van der Waals surface area contributed by atoms with E-state index < -0.39 is 0 Å². The summed E-state index contributed by atoms with van der Waals surface area (Å²) < 4.78 is 12.7. The van der Waals surface area contributed by atoms with Crippen molar-refractivity contribution in [2.45, 2.75) is 302 Å². The molecule has 59 heavy (non-hydrogen) atoms. The molecule has 0 radical (unpaired) electrons. The van der Waals surface area contributed by atoms with Gasteiger partial charge < -0.3 is 9.47 Å². The van der Waals surface area contributed by atoms with Crippen molar-refractivity contribution in [1.82, 2.24) is 0 Å². The molecule has 0 aromatic heterocycles. The van der Waals surface area contributed by atoms with Gasteiger partial charge in [-0.2, -0.15) is 0 Å². The summed E-state index contributed by atoms with van der Waals surface area (Å²) >= 11 is 0. The summed E-state index contributed by atoms with van der Waals surface area (Å²) in [6.45, 7) is 35.2. The average Bonchev–Trinajstić information content (AvgIpc) is 3.17. The van der Waals surface area contributed by atoms with E-state index in [1.165, 1.54) is 193 Å². The van der Waals surface area contributed by atoms with Gasteiger partial charge in [0.15, 0.2) is 6.29 Å². The number of unbranched alkanes of at least 4 members (excludes halogenated alkanes) is 7. The van der Waals surface area contributed by atoms with Crippen LogP contribution in [-0.4, -0.2) is 19.5 Å². The molecule has 0 aromatic carbocycles. The highest BCUT2D eigenvalue weighted by atomic mass is 16.7. The highest BCUT2D eigenvalue weighted by molar-refractivity contribution is 4.98. The van der Waals surface area contributed by atoms with Gasteiger partial charge in [0, 0.05) is 19.6 Å². The first-order chi connectivity index (χ1) is 28.2. The molecule has 0 amide bonds. The van der Waals surface area contributed by atoms with Gasteiger partial charge in [0.25, 0.3) is 0 Å². The first kappa shape index (κ1) is 58.9. The highest BCUT2D eigenvalue weighted by Gasteiger charge is 2.48. The first-order valence-electron chi connectivity index (χ1n) is 27.4. The summed E-state index contributed by atoms with van der Waals surface area (Å²) in [6, 6.07) is 0. The highest BCUT2D eigenvalue weighted by Crippen LogP contribution is 2.58. The maximum Gasteiger partial charge on any atom is 0.158 e. The Balaban J connectivity index is 5.35. The number of rotatable bonds is 44. The van der Waals surface area contributed by atoms with Crippen LogP contribution in [0.5, 0.6) is 0 Å². The van der Waals surface area contributed by atoms with Crippen molar-refractivity contribution < 1.29 is 9.47 Å². The molecule has 2 nitrogen and oxygen atoms in total. The summed E-state index contributed by atoms with van der Waals surface area (Å²) in [5.74, 6) is 6.07. The fraction of sp³-hybridized carbons (Fsp3) is 1.00. The number of ether oxygens (including phenoxy) is 2. The molecule has 0 N–H and O–H groups in total. The summed E-state index contributed by atoms with van der Waals surface area (Å²) in [5, 5.41) is 0. The largest absolute Gasteiger partial charge is 0.353 e. The lowest BCUT2D eigenvalue weighted by molar-refractivity contribution is -0.176. The van der Waals surface area contributed by atoms with Gasteiger partial charge in [-0.1, -0.05) is 244 Å². The first-order valence-corrected chi connectivity index (χ1v) is 27.4. The Labute approximate surface area is 375 Å². The molecule has 0 aliphatic heterocycles.